The molecule has 0 bridgehead atoms. The maximum Gasteiger partial charge on any atom is 0.217 e. The molecule has 0 aliphatic carbocycles. The summed E-state index contributed by atoms with van der Waals surface area (Å²) < 4.78 is 0. The van der Waals surface area contributed by atoms with Gasteiger partial charge in [0.1, 0.15) is 0 Å². The van der Waals surface area contributed by atoms with Crippen LogP contribution in [0.15, 0.2) is 0 Å². The number of likely N-dealkylation sites (tertiary alicyclic amines) is 1. The van der Waals surface area contributed by atoms with E-state index in [0.717, 1.165) is 38.4 Å². The molecule has 1 aliphatic rings. The van der Waals surface area contributed by atoms with E-state index < -0.39 is 0 Å². The second-order valence-electron chi connectivity index (χ2n) is 3.53. The zero-order valence-electron chi connectivity index (χ0n) is 8.05. The standard InChI is InChI=1S/C9H17ClN2O/c1-8(13)11-9-3-6-12(7-9)5-2-4-10/h9H,2-7H2,1H3,(H,11,13). The maximum absolute atomic E-state index is 10.8. The first-order valence-corrected chi connectivity index (χ1v) is 5.31. The summed E-state index contributed by atoms with van der Waals surface area (Å²) in [4.78, 5) is 13.1. The lowest BCUT2D eigenvalue weighted by Gasteiger charge is -2.15. The Bertz CT molecular complexity index is 175. The van der Waals surface area contributed by atoms with Gasteiger partial charge in [-0.1, -0.05) is 0 Å². The van der Waals surface area contributed by atoms with Crippen molar-refractivity contribution in [3.8, 4) is 0 Å². The molecule has 13 heavy (non-hydrogen) atoms. The molecular formula is C9H17ClN2O. The van der Waals surface area contributed by atoms with Crippen molar-refractivity contribution < 1.29 is 4.79 Å². The number of nitrogens with one attached hydrogen (secondary N) is 1. The van der Waals surface area contributed by atoms with Crippen LogP contribution < -0.4 is 5.32 Å². The zero-order valence-corrected chi connectivity index (χ0v) is 8.81. The molecule has 1 amide bonds. The van der Waals surface area contributed by atoms with Gasteiger partial charge in [-0.3, -0.25) is 4.79 Å². The van der Waals surface area contributed by atoms with Gasteiger partial charge in [-0.2, -0.15) is 0 Å². The van der Waals surface area contributed by atoms with Gasteiger partial charge in [-0.05, 0) is 19.4 Å². The van der Waals surface area contributed by atoms with Crippen molar-refractivity contribution in [2.24, 2.45) is 0 Å². The zero-order chi connectivity index (χ0) is 9.68. The predicted octanol–water partition coefficient (Wildman–Crippen LogP) is 0.826. The molecule has 4 heteroatoms. The summed E-state index contributed by atoms with van der Waals surface area (Å²) in [6, 6.07) is 0.354. The molecule has 1 saturated heterocycles. The highest BCUT2D eigenvalue weighted by Crippen LogP contribution is 2.09. The molecule has 1 heterocycles. The van der Waals surface area contributed by atoms with Crippen molar-refractivity contribution in [3.05, 3.63) is 0 Å². The summed E-state index contributed by atoms with van der Waals surface area (Å²) in [7, 11) is 0. The smallest absolute Gasteiger partial charge is 0.217 e. The van der Waals surface area contributed by atoms with E-state index in [1.165, 1.54) is 0 Å². The van der Waals surface area contributed by atoms with Crippen molar-refractivity contribution in [1.29, 1.82) is 0 Å². The minimum absolute atomic E-state index is 0.0733. The van der Waals surface area contributed by atoms with E-state index in [1.807, 2.05) is 0 Å². The second-order valence-corrected chi connectivity index (χ2v) is 3.91. The van der Waals surface area contributed by atoms with Crippen LogP contribution in [0.3, 0.4) is 0 Å². The number of hydrogen-bond donors (Lipinski definition) is 1. The van der Waals surface area contributed by atoms with E-state index >= 15 is 0 Å². The summed E-state index contributed by atoms with van der Waals surface area (Å²) in [5.74, 6) is 0.797. The number of carbonyl (C=O) groups excluding carboxylic acids is 1. The van der Waals surface area contributed by atoms with E-state index in [9.17, 15) is 4.79 Å². The Morgan fingerprint density at radius 1 is 1.69 bits per heavy atom. The van der Waals surface area contributed by atoms with Crippen LogP contribution in [0.25, 0.3) is 0 Å². The normalized spacial score (nSPS) is 23.4. The van der Waals surface area contributed by atoms with Gasteiger partial charge in [0.2, 0.25) is 5.91 Å². The average molecular weight is 205 g/mol. The Kier molecular flexibility index (Phi) is 4.53. The summed E-state index contributed by atoms with van der Waals surface area (Å²) in [6.07, 6.45) is 2.11. The molecule has 0 radical (unpaired) electrons. The Morgan fingerprint density at radius 3 is 3.08 bits per heavy atom. The highest BCUT2D eigenvalue weighted by molar-refractivity contribution is 6.17. The number of carbonyl (C=O) groups is 1. The van der Waals surface area contributed by atoms with Gasteiger partial charge in [0.15, 0.2) is 0 Å². The first kappa shape index (κ1) is 10.8. The molecule has 0 aromatic carbocycles. The van der Waals surface area contributed by atoms with Crippen molar-refractivity contribution in [2.75, 3.05) is 25.5 Å². The van der Waals surface area contributed by atoms with Crippen molar-refractivity contribution >= 4 is 17.5 Å². The van der Waals surface area contributed by atoms with E-state index in [1.54, 1.807) is 6.92 Å². The number of hydrogen-bond acceptors (Lipinski definition) is 2. The molecule has 0 aromatic heterocycles. The fourth-order valence-corrected chi connectivity index (χ4v) is 1.84. The van der Waals surface area contributed by atoms with Gasteiger partial charge < -0.3 is 10.2 Å². The highest BCUT2D eigenvalue weighted by Gasteiger charge is 2.21. The number of amides is 1. The lowest BCUT2D eigenvalue weighted by atomic mass is 10.2. The Balaban J connectivity index is 2.16. The third-order valence-corrected chi connectivity index (χ3v) is 2.55. The van der Waals surface area contributed by atoms with Crippen LogP contribution >= 0.6 is 11.6 Å². The van der Waals surface area contributed by atoms with Crippen LogP contribution in [-0.2, 0) is 4.79 Å². The largest absolute Gasteiger partial charge is 0.352 e. The van der Waals surface area contributed by atoms with Gasteiger partial charge in [0.05, 0.1) is 0 Å². The van der Waals surface area contributed by atoms with Gasteiger partial charge in [0, 0.05) is 31.9 Å². The minimum Gasteiger partial charge on any atom is -0.352 e. The molecule has 3 nitrogen and oxygen atoms in total. The van der Waals surface area contributed by atoms with E-state index in [4.69, 9.17) is 11.6 Å². The molecule has 76 valence electrons. The van der Waals surface area contributed by atoms with Gasteiger partial charge in [-0.25, -0.2) is 0 Å². The van der Waals surface area contributed by atoms with Crippen LogP contribution in [0.1, 0.15) is 19.8 Å². The molecule has 1 atom stereocenters. The van der Waals surface area contributed by atoms with Gasteiger partial charge >= 0.3 is 0 Å². The summed E-state index contributed by atoms with van der Waals surface area (Å²) in [5.41, 5.74) is 0. The quantitative estimate of drug-likeness (QED) is 0.688. The van der Waals surface area contributed by atoms with E-state index in [0.29, 0.717) is 6.04 Å². The van der Waals surface area contributed by atoms with E-state index in [2.05, 4.69) is 10.2 Å². The van der Waals surface area contributed by atoms with Crippen molar-refractivity contribution in [2.45, 2.75) is 25.8 Å². The molecule has 0 saturated carbocycles. The lowest BCUT2D eigenvalue weighted by Crippen LogP contribution is -2.35. The SMILES string of the molecule is CC(=O)NC1CCN(CCCCl)C1. The van der Waals surface area contributed by atoms with Crippen LogP contribution in [0.2, 0.25) is 0 Å². The van der Waals surface area contributed by atoms with Gasteiger partial charge in [0.25, 0.3) is 0 Å². The van der Waals surface area contributed by atoms with Gasteiger partial charge in [-0.15, -0.1) is 11.6 Å². The average Bonchev–Trinajstić information content (AvgIpc) is 2.48. The topological polar surface area (TPSA) is 32.3 Å². The van der Waals surface area contributed by atoms with Crippen molar-refractivity contribution in [1.82, 2.24) is 10.2 Å². The molecular weight excluding hydrogens is 188 g/mol. The van der Waals surface area contributed by atoms with E-state index in [-0.39, 0.29) is 5.91 Å². The molecule has 0 spiro atoms. The number of nitrogens with zero attached hydrogens (tertiary/aromatic N) is 1. The van der Waals surface area contributed by atoms with Crippen molar-refractivity contribution in [3.63, 3.8) is 0 Å². The predicted molar refractivity (Wildman–Crippen MR) is 54.0 cm³/mol. The number of alkyl halides is 1. The molecule has 1 N–H and O–H groups in total. The third kappa shape index (κ3) is 3.96. The first-order valence-electron chi connectivity index (χ1n) is 4.78. The number of halogens is 1. The summed E-state index contributed by atoms with van der Waals surface area (Å²) in [5, 5.41) is 2.93. The Hall–Kier alpha value is -0.280. The van der Waals surface area contributed by atoms with Crippen LogP contribution in [-0.4, -0.2) is 42.4 Å². The maximum atomic E-state index is 10.8. The Labute approximate surface area is 84.4 Å². The third-order valence-electron chi connectivity index (χ3n) is 2.29. The Morgan fingerprint density at radius 2 is 2.46 bits per heavy atom. The fraction of sp³-hybridized carbons (Fsp3) is 0.889. The molecule has 1 unspecified atom stereocenters. The van der Waals surface area contributed by atoms with Crippen LogP contribution in [0.5, 0.6) is 0 Å². The van der Waals surface area contributed by atoms with Crippen LogP contribution in [0, 0.1) is 0 Å². The minimum atomic E-state index is 0.0733. The summed E-state index contributed by atoms with van der Waals surface area (Å²) in [6.45, 7) is 4.69. The molecule has 1 fully saturated rings. The molecule has 0 aromatic rings. The fourth-order valence-electron chi connectivity index (χ4n) is 1.72. The molecule has 1 rings (SSSR count). The molecule has 1 aliphatic heterocycles. The van der Waals surface area contributed by atoms with Crippen LogP contribution in [0.4, 0.5) is 0 Å². The monoisotopic (exact) mass is 204 g/mol. The number of rotatable bonds is 4. The second kappa shape index (κ2) is 5.45. The highest BCUT2D eigenvalue weighted by atomic mass is 35.5. The lowest BCUT2D eigenvalue weighted by molar-refractivity contribution is -0.119. The summed E-state index contributed by atoms with van der Waals surface area (Å²) >= 11 is 5.60. The first-order chi connectivity index (χ1) is 6.22.